The van der Waals surface area contributed by atoms with E-state index in [1.165, 1.54) is 24.3 Å². The molecule has 1 aromatic rings. The van der Waals surface area contributed by atoms with Crippen LogP contribution in [0.5, 0.6) is 0 Å². The number of thioether (sulfide) groups is 1. The molecule has 2 rings (SSSR count). The lowest BCUT2D eigenvalue weighted by molar-refractivity contribution is 0.760. The number of hydrogen-bond donors (Lipinski definition) is 3. The smallest absolute Gasteiger partial charge is 0.148 e. The summed E-state index contributed by atoms with van der Waals surface area (Å²) in [4.78, 5) is 9.19. The molecular formula is C14H25N5S. The largest absolute Gasteiger partial charge is 0.367 e. The van der Waals surface area contributed by atoms with Gasteiger partial charge in [-0.25, -0.2) is 15.8 Å². The van der Waals surface area contributed by atoms with Gasteiger partial charge in [0.2, 0.25) is 0 Å². The summed E-state index contributed by atoms with van der Waals surface area (Å²) in [5, 5.41) is 3.51. The Labute approximate surface area is 125 Å². The van der Waals surface area contributed by atoms with Crippen LogP contribution >= 0.6 is 11.8 Å². The molecule has 5 nitrogen and oxygen atoms in total. The lowest BCUT2D eigenvalue weighted by Gasteiger charge is -2.18. The topological polar surface area (TPSA) is 75.9 Å². The molecule has 20 heavy (non-hydrogen) atoms. The van der Waals surface area contributed by atoms with Crippen LogP contribution in [0.4, 0.5) is 11.6 Å². The number of hydrogen-bond acceptors (Lipinski definition) is 6. The van der Waals surface area contributed by atoms with Gasteiger partial charge in [0.15, 0.2) is 0 Å². The highest BCUT2D eigenvalue weighted by Crippen LogP contribution is 2.39. The van der Waals surface area contributed by atoms with Crippen molar-refractivity contribution in [1.29, 1.82) is 0 Å². The van der Waals surface area contributed by atoms with Crippen LogP contribution in [0.15, 0.2) is 0 Å². The monoisotopic (exact) mass is 295 g/mol. The molecule has 112 valence electrons. The van der Waals surface area contributed by atoms with E-state index in [9.17, 15) is 0 Å². The molecule has 1 fully saturated rings. The first-order valence-corrected chi connectivity index (χ1v) is 8.50. The fraction of sp³-hybridized carbons (Fsp3) is 0.714. The van der Waals surface area contributed by atoms with Crippen molar-refractivity contribution in [2.24, 2.45) is 5.84 Å². The maximum atomic E-state index is 5.57. The third kappa shape index (κ3) is 3.99. The predicted octanol–water partition coefficient (Wildman–Crippen LogP) is 2.89. The molecule has 0 aliphatic heterocycles. The van der Waals surface area contributed by atoms with Crippen LogP contribution in [0, 0.1) is 6.92 Å². The first-order chi connectivity index (χ1) is 9.65. The highest BCUT2D eigenvalue weighted by atomic mass is 32.2. The van der Waals surface area contributed by atoms with Crippen molar-refractivity contribution in [3.05, 3.63) is 11.4 Å². The second kappa shape index (κ2) is 7.13. The lowest BCUT2D eigenvalue weighted by atomic mass is 10.2. The van der Waals surface area contributed by atoms with E-state index in [-0.39, 0.29) is 0 Å². The fourth-order valence-electron chi connectivity index (χ4n) is 2.05. The Hall–Kier alpha value is -1.01. The van der Waals surface area contributed by atoms with Gasteiger partial charge in [-0.05, 0) is 44.6 Å². The minimum Gasteiger partial charge on any atom is -0.367 e. The summed E-state index contributed by atoms with van der Waals surface area (Å²) in [5.74, 6) is 11.0. The number of rotatable bonds is 8. The van der Waals surface area contributed by atoms with Gasteiger partial charge in [0.05, 0.1) is 0 Å². The van der Waals surface area contributed by atoms with E-state index in [1.807, 2.05) is 18.7 Å². The molecule has 1 aliphatic carbocycles. The van der Waals surface area contributed by atoms with Gasteiger partial charge in [-0.2, -0.15) is 11.8 Å². The summed E-state index contributed by atoms with van der Waals surface area (Å²) in [5.41, 5.74) is 3.68. The molecule has 0 amide bonds. The summed E-state index contributed by atoms with van der Waals surface area (Å²) < 4.78 is 0. The van der Waals surface area contributed by atoms with Gasteiger partial charge in [-0.15, -0.1) is 0 Å². The Morgan fingerprint density at radius 2 is 2.05 bits per heavy atom. The zero-order valence-corrected chi connectivity index (χ0v) is 13.4. The molecule has 1 saturated carbocycles. The molecular weight excluding hydrogens is 270 g/mol. The Bertz CT molecular complexity index is 447. The van der Waals surface area contributed by atoms with E-state index in [0.29, 0.717) is 12.0 Å². The lowest BCUT2D eigenvalue weighted by Crippen LogP contribution is -2.20. The first-order valence-electron chi connectivity index (χ1n) is 7.35. The molecule has 1 aromatic heterocycles. The van der Waals surface area contributed by atoms with Crippen LogP contribution in [0.25, 0.3) is 0 Å². The van der Waals surface area contributed by atoms with Gasteiger partial charge in [0.25, 0.3) is 0 Å². The normalized spacial score (nSPS) is 16.0. The van der Waals surface area contributed by atoms with E-state index < -0.39 is 0 Å². The van der Waals surface area contributed by atoms with Crippen molar-refractivity contribution in [3.63, 3.8) is 0 Å². The molecule has 1 atom stereocenters. The Morgan fingerprint density at radius 1 is 1.35 bits per heavy atom. The summed E-state index contributed by atoms with van der Waals surface area (Å²) >= 11 is 1.97. The van der Waals surface area contributed by atoms with Crippen LogP contribution in [0.2, 0.25) is 0 Å². The summed E-state index contributed by atoms with van der Waals surface area (Å²) in [7, 11) is 0. The standard InChI is InChI=1S/C14H25N5S/c1-4-20-8-7-9(2)16-12-10(3)13(19-15)18-14(17-12)11-5-6-11/h9,11H,4-8,15H2,1-3H3,(H2,16,17,18,19). The number of aromatic nitrogens is 2. The van der Waals surface area contributed by atoms with Gasteiger partial charge >= 0.3 is 0 Å². The Morgan fingerprint density at radius 3 is 2.65 bits per heavy atom. The van der Waals surface area contributed by atoms with E-state index in [2.05, 4.69) is 34.6 Å². The first kappa shape index (κ1) is 15.4. The second-order valence-electron chi connectivity index (χ2n) is 5.35. The van der Waals surface area contributed by atoms with Crippen molar-refractivity contribution in [2.75, 3.05) is 22.2 Å². The molecule has 0 aromatic carbocycles. The summed E-state index contributed by atoms with van der Waals surface area (Å²) in [6.45, 7) is 6.39. The Kier molecular flexibility index (Phi) is 5.48. The predicted molar refractivity (Wildman–Crippen MR) is 87.3 cm³/mol. The maximum absolute atomic E-state index is 5.57. The van der Waals surface area contributed by atoms with Crippen LogP contribution < -0.4 is 16.6 Å². The van der Waals surface area contributed by atoms with E-state index in [0.717, 1.165) is 29.4 Å². The van der Waals surface area contributed by atoms with E-state index in [4.69, 9.17) is 5.84 Å². The van der Waals surface area contributed by atoms with Crippen molar-refractivity contribution in [3.8, 4) is 0 Å². The van der Waals surface area contributed by atoms with Crippen molar-refractivity contribution in [1.82, 2.24) is 9.97 Å². The molecule has 0 saturated heterocycles. The van der Waals surface area contributed by atoms with Crippen LogP contribution in [0.3, 0.4) is 0 Å². The SMILES string of the molecule is CCSCCC(C)Nc1nc(C2CC2)nc(NN)c1C. The van der Waals surface area contributed by atoms with Crippen LogP contribution in [0.1, 0.15) is 50.4 Å². The minimum atomic E-state index is 0.403. The van der Waals surface area contributed by atoms with Crippen molar-refractivity contribution in [2.45, 2.75) is 52.0 Å². The van der Waals surface area contributed by atoms with E-state index >= 15 is 0 Å². The molecule has 0 bridgehead atoms. The molecule has 6 heteroatoms. The number of nitrogens with two attached hydrogens (primary N) is 1. The molecule has 1 unspecified atom stereocenters. The number of nitrogens with zero attached hydrogens (tertiary/aromatic N) is 2. The average molecular weight is 295 g/mol. The van der Waals surface area contributed by atoms with Crippen molar-refractivity contribution < 1.29 is 0 Å². The van der Waals surface area contributed by atoms with Gasteiger partial charge in [-0.1, -0.05) is 6.92 Å². The molecule has 0 radical (unpaired) electrons. The molecule has 0 spiro atoms. The zero-order chi connectivity index (χ0) is 14.5. The molecule has 1 heterocycles. The number of nitrogen functional groups attached to an aromatic ring is 1. The van der Waals surface area contributed by atoms with Gasteiger partial charge in [0.1, 0.15) is 17.5 Å². The van der Waals surface area contributed by atoms with Gasteiger partial charge < -0.3 is 10.7 Å². The Balaban J connectivity index is 2.07. The van der Waals surface area contributed by atoms with Crippen molar-refractivity contribution >= 4 is 23.4 Å². The summed E-state index contributed by atoms with van der Waals surface area (Å²) in [6.07, 6.45) is 3.51. The number of nitrogens with one attached hydrogen (secondary N) is 2. The van der Waals surface area contributed by atoms with E-state index in [1.54, 1.807) is 0 Å². The van der Waals surface area contributed by atoms with Gasteiger partial charge in [-0.3, -0.25) is 0 Å². The highest BCUT2D eigenvalue weighted by Gasteiger charge is 2.28. The third-order valence-electron chi connectivity index (χ3n) is 3.52. The molecule has 4 N–H and O–H groups in total. The fourth-order valence-corrected chi connectivity index (χ4v) is 2.86. The maximum Gasteiger partial charge on any atom is 0.148 e. The number of hydrazine groups is 1. The quantitative estimate of drug-likeness (QED) is 0.389. The second-order valence-corrected chi connectivity index (χ2v) is 6.75. The minimum absolute atomic E-state index is 0.403. The highest BCUT2D eigenvalue weighted by molar-refractivity contribution is 7.99. The summed E-state index contributed by atoms with van der Waals surface area (Å²) in [6, 6.07) is 0.403. The number of anilines is 2. The molecule has 1 aliphatic rings. The third-order valence-corrected chi connectivity index (χ3v) is 4.46. The van der Waals surface area contributed by atoms with Gasteiger partial charge in [0, 0.05) is 17.5 Å². The average Bonchev–Trinajstić information content (AvgIpc) is 3.26. The van der Waals surface area contributed by atoms with Crippen LogP contribution in [-0.2, 0) is 0 Å². The van der Waals surface area contributed by atoms with Crippen LogP contribution in [-0.4, -0.2) is 27.5 Å². The zero-order valence-electron chi connectivity index (χ0n) is 12.6.